The summed E-state index contributed by atoms with van der Waals surface area (Å²) in [6.45, 7) is 3.60. The molecule has 0 saturated carbocycles. The SMILES string of the molecule is Cc1noc(C)c1CNS(=O)(=O)c1ccnc(Cl)c1. The molecule has 0 unspecified atom stereocenters. The standard InChI is InChI=1S/C11H12ClN3O3S/c1-7-10(8(2)18-15-7)6-14-19(16,17)9-3-4-13-11(12)5-9/h3-5,14H,6H2,1-2H3. The van der Waals surface area contributed by atoms with Crippen molar-refractivity contribution in [3.05, 3.63) is 40.5 Å². The van der Waals surface area contributed by atoms with E-state index in [1.807, 2.05) is 0 Å². The maximum atomic E-state index is 12.1. The second-order valence-electron chi connectivity index (χ2n) is 3.94. The van der Waals surface area contributed by atoms with E-state index in [-0.39, 0.29) is 16.6 Å². The Bertz CT molecular complexity index is 677. The Kier molecular flexibility index (Phi) is 3.88. The number of sulfonamides is 1. The molecule has 1 N–H and O–H groups in total. The van der Waals surface area contributed by atoms with Crippen molar-refractivity contribution >= 4 is 21.6 Å². The lowest BCUT2D eigenvalue weighted by Gasteiger charge is -2.06. The first-order chi connectivity index (χ1) is 8.90. The molecule has 0 atom stereocenters. The fourth-order valence-corrected chi connectivity index (χ4v) is 2.80. The molecule has 0 fully saturated rings. The molecule has 6 nitrogen and oxygen atoms in total. The van der Waals surface area contributed by atoms with Crippen LogP contribution in [0.15, 0.2) is 27.7 Å². The third-order valence-electron chi connectivity index (χ3n) is 2.63. The highest BCUT2D eigenvalue weighted by atomic mass is 35.5. The minimum atomic E-state index is -3.64. The van der Waals surface area contributed by atoms with Crippen LogP contribution in [-0.2, 0) is 16.6 Å². The van der Waals surface area contributed by atoms with E-state index in [0.29, 0.717) is 11.5 Å². The topological polar surface area (TPSA) is 85.1 Å². The lowest BCUT2D eigenvalue weighted by atomic mass is 10.2. The first-order valence-corrected chi connectivity index (χ1v) is 7.29. The van der Waals surface area contributed by atoms with Crippen LogP contribution < -0.4 is 4.72 Å². The molecule has 0 spiro atoms. The van der Waals surface area contributed by atoms with Crippen LogP contribution in [0.3, 0.4) is 0 Å². The number of nitrogens with zero attached hydrogens (tertiary/aromatic N) is 2. The maximum absolute atomic E-state index is 12.1. The molecule has 8 heteroatoms. The summed E-state index contributed by atoms with van der Waals surface area (Å²) in [7, 11) is -3.64. The van der Waals surface area contributed by atoms with E-state index in [4.69, 9.17) is 16.1 Å². The van der Waals surface area contributed by atoms with Gasteiger partial charge in [-0.1, -0.05) is 16.8 Å². The van der Waals surface area contributed by atoms with E-state index in [1.54, 1.807) is 13.8 Å². The van der Waals surface area contributed by atoms with Crippen LogP contribution >= 0.6 is 11.6 Å². The molecule has 2 heterocycles. The van der Waals surface area contributed by atoms with Gasteiger partial charge in [-0.3, -0.25) is 0 Å². The fraction of sp³-hybridized carbons (Fsp3) is 0.273. The van der Waals surface area contributed by atoms with Gasteiger partial charge in [-0.25, -0.2) is 18.1 Å². The number of rotatable bonds is 4. The summed E-state index contributed by atoms with van der Waals surface area (Å²) in [5.41, 5.74) is 1.39. The number of hydrogen-bond acceptors (Lipinski definition) is 5. The summed E-state index contributed by atoms with van der Waals surface area (Å²) in [6.07, 6.45) is 1.34. The molecule has 0 amide bonds. The number of aromatic nitrogens is 2. The summed E-state index contributed by atoms with van der Waals surface area (Å²) in [4.78, 5) is 3.81. The Morgan fingerprint density at radius 3 is 2.74 bits per heavy atom. The summed E-state index contributed by atoms with van der Waals surface area (Å²) in [5, 5.41) is 3.89. The van der Waals surface area contributed by atoms with Crippen molar-refractivity contribution in [2.24, 2.45) is 0 Å². The molecular formula is C11H12ClN3O3S. The second kappa shape index (κ2) is 5.28. The molecule has 0 aromatic carbocycles. The van der Waals surface area contributed by atoms with E-state index < -0.39 is 10.0 Å². The molecule has 0 aliphatic carbocycles. The van der Waals surface area contributed by atoms with Crippen molar-refractivity contribution in [2.75, 3.05) is 0 Å². The zero-order valence-corrected chi connectivity index (χ0v) is 11.9. The highest BCUT2D eigenvalue weighted by Gasteiger charge is 2.17. The zero-order valence-electron chi connectivity index (χ0n) is 10.3. The Hall–Kier alpha value is -1.44. The van der Waals surface area contributed by atoms with E-state index in [2.05, 4.69) is 14.9 Å². The lowest BCUT2D eigenvalue weighted by Crippen LogP contribution is -2.23. The van der Waals surface area contributed by atoms with Crippen LogP contribution in [0, 0.1) is 13.8 Å². The third kappa shape index (κ3) is 3.12. The normalized spacial score (nSPS) is 11.7. The largest absolute Gasteiger partial charge is 0.361 e. The molecule has 19 heavy (non-hydrogen) atoms. The van der Waals surface area contributed by atoms with Gasteiger partial charge in [0.05, 0.1) is 10.6 Å². The number of aryl methyl sites for hydroxylation is 2. The van der Waals surface area contributed by atoms with E-state index in [1.165, 1.54) is 18.3 Å². The van der Waals surface area contributed by atoms with Gasteiger partial charge in [-0.2, -0.15) is 0 Å². The van der Waals surface area contributed by atoms with Gasteiger partial charge in [-0.15, -0.1) is 0 Å². The van der Waals surface area contributed by atoms with Crippen LogP contribution in [0.2, 0.25) is 5.15 Å². The van der Waals surface area contributed by atoms with Gasteiger partial charge < -0.3 is 4.52 Å². The molecule has 0 saturated heterocycles. The lowest BCUT2D eigenvalue weighted by molar-refractivity contribution is 0.392. The number of pyridine rings is 1. The molecule has 2 rings (SSSR count). The Balaban J connectivity index is 2.19. The van der Waals surface area contributed by atoms with Crippen LogP contribution in [-0.4, -0.2) is 18.6 Å². The van der Waals surface area contributed by atoms with Crippen LogP contribution in [0.5, 0.6) is 0 Å². The van der Waals surface area contributed by atoms with Crippen LogP contribution in [0.4, 0.5) is 0 Å². The molecular weight excluding hydrogens is 290 g/mol. The predicted molar refractivity (Wildman–Crippen MR) is 69.2 cm³/mol. The average Bonchev–Trinajstić information content (AvgIpc) is 2.67. The van der Waals surface area contributed by atoms with E-state index in [0.717, 1.165) is 5.56 Å². The Morgan fingerprint density at radius 1 is 1.42 bits per heavy atom. The summed E-state index contributed by atoms with van der Waals surface area (Å²) < 4.78 is 31.5. The maximum Gasteiger partial charge on any atom is 0.241 e. The first-order valence-electron chi connectivity index (χ1n) is 5.43. The number of halogens is 1. The Labute approximate surface area is 115 Å². The monoisotopic (exact) mass is 301 g/mol. The first kappa shape index (κ1) is 14.0. The van der Waals surface area contributed by atoms with Crippen molar-refractivity contribution in [3.63, 3.8) is 0 Å². The summed E-state index contributed by atoms with van der Waals surface area (Å²) in [5.74, 6) is 0.591. The molecule has 2 aromatic rings. The Morgan fingerprint density at radius 2 is 2.16 bits per heavy atom. The molecule has 0 radical (unpaired) electrons. The molecule has 102 valence electrons. The summed E-state index contributed by atoms with van der Waals surface area (Å²) >= 11 is 5.67. The zero-order chi connectivity index (χ0) is 14.0. The minimum absolute atomic E-state index is 0.0688. The average molecular weight is 302 g/mol. The van der Waals surface area contributed by atoms with Gasteiger partial charge in [0, 0.05) is 18.3 Å². The van der Waals surface area contributed by atoms with Gasteiger partial charge in [0.15, 0.2) is 0 Å². The van der Waals surface area contributed by atoms with Crippen molar-refractivity contribution in [3.8, 4) is 0 Å². The number of nitrogens with one attached hydrogen (secondary N) is 1. The van der Waals surface area contributed by atoms with Crippen molar-refractivity contribution in [1.29, 1.82) is 0 Å². The van der Waals surface area contributed by atoms with Crippen molar-refractivity contribution in [1.82, 2.24) is 14.9 Å². The predicted octanol–water partition coefficient (Wildman–Crippen LogP) is 1.82. The van der Waals surface area contributed by atoms with Gasteiger partial charge in [0.1, 0.15) is 10.9 Å². The van der Waals surface area contributed by atoms with Crippen LogP contribution in [0.25, 0.3) is 0 Å². The van der Waals surface area contributed by atoms with Crippen molar-refractivity contribution < 1.29 is 12.9 Å². The highest BCUT2D eigenvalue weighted by molar-refractivity contribution is 7.89. The molecule has 0 aliphatic heterocycles. The van der Waals surface area contributed by atoms with E-state index in [9.17, 15) is 8.42 Å². The quantitative estimate of drug-likeness (QED) is 0.871. The smallest absolute Gasteiger partial charge is 0.241 e. The minimum Gasteiger partial charge on any atom is -0.361 e. The molecule has 0 bridgehead atoms. The third-order valence-corrected chi connectivity index (χ3v) is 4.23. The van der Waals surface area contributed by atoms with Crippen LogP contribution in [0.1, 0.15) is 17.0 Å². The summed E-state index contributed by atoms with van der Waals surface area (Å²) in [6, 6.07) is 2.67. The van der Waals surface area contributed by atoms with Gasteiger partial charge in [-0.05, 0) is 26.0 Å². The second-order valence-corrected chi connectivity index (χ2v) is 6.10. The highest BCUT2D eigenvalue weighted by Crippen LogP contribution is 2.15. The molecule has 0 aliphatic rings. The van der Waals surface area contributed by atoms with Crippen molar-refractivity contribution in [2.45, 2.75) is 25.3 Å². The van der Waals surface area contributed by atoms with E-state index >= 15 is 0 Å². The van der Waals surface area contributed by atoms with Gasteiger partial charge in [0.25, 0.3) is 0 Å². The molecule has 2 aromatic heterocycles. The van der Waals surface area contributed by atoms with Gasteiger partial charge >= 0.3 is 0 Å². The van der Waals surface area contributed by atoms with Gasteiger partial charge in [0.2, 0.25) is 10.0 Å². The fourth-order valence-electron chi connectivity index (χ4n) is 1.56. The number of hydrogen-bond donors (Lipinski definition) is 1.